The fourth-order valence-corrected chi connectivity index (χ4v) is 2.12. The molecular weight excluding hydrogens is 214 g/mol. The minimum atomic E-state index is -0.220. The second-order valence-corrected chi connectivity index (χ2v) is 6.90. The van der Waals surface area contributed by atoms with Crippen LogP contribution < -0.4 is 0 Å². The zero-order chi connectivity index (χ0) is 13.1. The largest absolute Gasteiger partial charge is 0.379 e. The molecule has 0 spiro atoms. The molecule has 3 heteroatoms. The van der Waals surface area contributed by atoms with Crippen LogP contribution in [0.1, 0.15) is 41.0 Å². The van der Waals surface area contributed by atoms with E-state index in [1.54, 1.807) is 0 Å². The van der Waals surface area contributed by atoms with Gasteiger partial charge in [-0.25, -0.2) is 0 Å². The van der Waals surface area contributed by atoms with Crippen LogP contribution in [-0.2, 0) is 9.53 Å². The third-order valence-electron chi connectivity index (χ3n) is 3.23. The molecule has 1 heterocycles. The van der Waals surface area contributed by atoms with Gasteiger partial charge in [0.1, 0.15) is 5.78 Å². The second-order valence-electron chi connectivity index (χ2n) is 6.90. The molecule has 1 saturated heterocycles. The van der Waals surface area contributed by atoms with E-state index in [0.717, 1.165) is 32.8 Å². The fraction of sp³-hybridized carbons (Fsp3) is 0.929. The van der Waals surface area contributed by atoms with E-state index in [1.807, 2.05) is 20.8 Å². The molecule has 0 aromatic heterocycles. The van der Waals surface area contributed by atoms with Crippen molar-refractivity contribution in [3.05, 3.63) is 0 Å². The average molecular weight is 241 g/mol. The number of hydrogen-bond acceptors (Lipinski definition) is 3. The molecule has 17 heavy (non-hydrogen) atoms. The molecule has 0 unspecified atom stereocenters. The molecule has 0 radical (unpaired) electrons. The van der Waals surface area contributed by atoms with Crippen LogP contribution in [0.4, 0.5) is 0 Å². The Morgan fingerprint density at radius 3 is 2.12 bits per heavy atom. The topological polar surface area (TPSA) is 29.5 Å². The zero-order valence-electron chi connectivity index (χ0n) is 12.0. The second kappa shape index (κ2) is 5.49. The first-order valence-electron chi connectivity index (χ1n) is 6.54. The molecule has 0 atom stereocenters. The fourth-order valence-electron chi connectivity index (χ4n) is 2.12. The summed E-state index contributed by atoms with van der Waals surface area (Å²) in [7, 11) is 0. The molecule has 0 aromatic carbocycles. The van der Waals surface area contributed by atoms with Crippen LogP contribution in [0, 0.1) is 10.8 Å². The van der Waals surface area contributed by atoms with Crippen molar-refractivity contribution in [1.29, 1.82) is 0 Å². The van der Waals surface area contributed by atoms with Gasteiger partial charge in [0.2, 0.25) is 0 Å². The minimum absolute atomic E-state index is 0.0572. The van der Waals surface area contributed by atoms with Crippen molar-refractivity contribution in [2.24, 2.45) is 10.8 Å². The van der Waals surface area contributed by atoms with Gasteiger partial charge in [-0.05, 0) is 5.41 Å². The molecule has 1 aliphatic rings. The highest BCUT2D eigenvalue weighted by molar-refractivity contribution is 5.84. The number of carbonyl (C=O) groups is 1. The number of morpholine rings is 1. The van der Waals surface area contributed by atoms with Gasteiger partial charge >= 0.3 is 0 Å². The summed E-state index contributed by atoms with van der Waals surface area (Å²) in [6.07, 6.45) is 0.661. The lowest BCUT2D eigenvalue weighted by Crippen LogP contribution is -2.43. The number of nitrogens with zero attached hydrogens (tertiary/aromatic N) is 1. The third kappa shape index (κ3) is 5.17. The highest BCUT2D eigenvalue weighted by Gasteiger charge is 2.30. The Kier molecular flexibility index (Phi) is 4.73. The molecule has 0 bridgehead atoms. The van der Waals surface area contributed by atoms with Gasteiger partial charge < -0.3 is 4.74 Å². The van der Waals surface area contributed by atoms with Gasteiger partial charge in [-0.1, -0.05) is 34.6 Å². The van der Waals surface area contributed by atoms with Crippen LogP contribution in [0.25, 0.3) is 0 Å². The number of Topliss-reactive ketones (excluding diaryl/α,β-unsaturated/α-hetero) is 1. The van der Waals surface area contributed by atoms with Crippen LogP contribution in [-0.4, -0.2) is 43.5 Å². The zero-order valence-corrected chi connectivity index (χ0v) is 12.0. The maximum Gasteiger partial charge on any atom is 0.138 e. The Morgan fingerprint density at radius 1 is 1.12 bits per heavy atom. The highest BCUT2D eigenvalue weighted by Crippen LogP contribution is 2.28. The van der Waals surface area contributed by atoms with Crippen molar-refractivity contribution < 1.29 is 9.53 Å². The van der Waals surface area contributed by atoms with E-state index in [1.165, 1.54) is 0 Å². The van der Waals surface area contributed by atoms with Crippen molar-refractivity contribution in [3.8, 4) is 0 Å². The number of ether oxygens (including phenoxy) is 1. The molecule has 0 saturated carbocycles. The van der Waals surface area contributed by atoms with Crippen molar-refractivity contribution in [2.45, 2.75) is 41.0 Å². The van der Waals surface area contributed by atoms with Gasteiger partial charge in [0.15, 0.2) is 0 Å². The number of carbonyl (C=O) groups excluding carboxylic acids is 1. The average Bonchev–Trinajstić information content (AvgIpc) is 2.16. The van der Waals surface area contributed by atoms with Crippen molar-refractivity contribution in [3.63, 3.8) is 0 Å². The number of rotatable bonds is 4. The lowest BCUT2D eigenvalue weighted by Gasteiger charge is -2.35. The maximum absolute atomic E-state index is 12.1. The van der Waals surface area contributed by atoms with E-state index in [9.17, 15) is 4.79 Å². The van der Waals surface area contributed by atoms with Crippen molar-refractivity contribution in [1.82, 2.24) is 4.90 Å². The van der Waals surface area contributed by atoms with Gasteiger partial charge in [-0.3, -0.25) is 9.69 Å². The molecule has 100 valence electrons. The molecule has 1 rings (SSSR count). The summed E-state index contributed by atoms with van der Waals surface area (Å²) in [6, 6.07) is 0. The van der Waals surface area contributed by atoms with Crippen LogP contribution in [0.5, 0.6) is 0 Å². The molecule has 0 aliphatic carbocycles. The van der Waals surface area contributed by atoms with Gasteiger partial charge in [0.05, 0.1) is 13.2 Å². The van der Waals surface area contributed by atoms with E-state index in [4.69, 9.17) is 4.74 Å². The van der Waals surface area contributed by atoms with Crippen LogP contribution in [0.2, 0.25) is 0 Å². The number of hydrogen-bond donors (Lipinski definition) is 0. The molecule has 0 N–H and O–H groups in total. The Labute approximate surface area is 106 Å². The van der Waals surface area contributed by atoms with Gasteiger partial charge in [0.25, 0.3) is 0 Å². The Bertz CT molecular complexity index is 260. The van der Waals surface area contributed by atoms with Crippen LogP contribution in [0.15, 0.2) is 0 Å². The lowest BCUT2D eigenvalue weighted by atomic mass is 9.78. The van der Waals surface area contributed by atoms with E-state index in [0.29, 0.717) is 12.2 Å². The van der Waals surface area contributed by atoms with E-state index < -0.39 is 0 Å². The van der Waals surface area contributed by atoms with E-state index >= 15 is 0 Å². The quantitative estimate of drug-likeness (QED) is 0.756. The van der Waals surface area contributed by atoms with Gasteiger partial charge in [-0.15, -0.1) is 0 Å². The maximum atomic E-state index is 12.1. The van der Waals surface area contributed by atoms with Crippen molar-refractivity contribution >= 4 is 5.78 Å². The normalized spacial score (nSPS) is 19.4. The highest BCUT2D eigenvalue weighted by atomic mass is 16.5. The van der Waals surface area contributed by atoms with Gasteiger partial charge in [-0.2, -0.15) is 0 Å². The summed E-state index contributed by atoms with van der Waals surface area (Å²) in [6.45, 7) is 15.0. The molecule has 1 fully saturated rings. The summed E-state index contributed by atoms with van der Waals surface area (Å²) in [4.78, 5) is 14.5. The molecule has 0 amide bonds. The Hall–Kier alpha value is -0.410. The number of ketones is 1. The predicted octanol–water partition coefficient (Wildman–Crippen LogP) is 2.35. The Balaban J connectivity index is 2.47. The lowest BCUT2D eigenvalue weighted by molar-refractivity contribution is -0.128. The van der Waals surface area contributed by atoms with Crippen molar-refractivity contribution in [2.75, 3.05) is 32.8 Å². The van der Waals surface area contributed by atoms with Crippen LogP contribution in [0.3, 0.4) is 0 Å². The summed E-state index contributed by atoms with van der Waals surface area (Å²) in [5.74, 6) is 0.357. The summed E-state index contributed by atoms with van der Waals surface area (Å²) in [5, 5.41) is 0. The summed E-state index contributed by atoms with van der Waals surface area (Å²) >= 11 is 0. The van der Waals surface area contributed by atoms with Gasteiger partial charge in [0, 0.05) is 31.5 Å². The Morgan fingerprint density at radius 2 is 1.65 bits per heavy atom. The molecule has 0 aromatic rings. The molecule has 1 aliphatic heterocycles. The third-order valence-corrected chi connectivity index (χ3v) is 3.23. The van der Waals surface area contributed by atoms with Crippen LogP contribution >= 0.6 is 0 Å². The SMILES string of the molecule is CC(C)(CC(=O)C(C)(C)C)CN1CCOCC1. The first-order chi connectivity index (χ1) is 7.71. The predicted molar refractivity (Wildman–Crippen MR) is 70.1 cm³/mol. The van der Waals surface area contributed by atoms with E-state index in [-0.39, 0.29) is 10.8 Å². The molecule has 3 nitrogen and oxygen atoms in total. The summed E-state index contributed by atoms with van der Waals surface area (Å²) in [5.41, 5.74) is -0.163. The standard InChI is InChI=1S/C14H27NO2/c1-13(2,3)12(16)10-14(4,5)11-15-6-8-17-9-7-15/h6-11H2,1-5H3. The monoisotopic (exact) mass is 241 g/mol. The summed E-state index contributed by atoms with van der Waals surface area (Å²) < 4.78 is 5.34. The first-order valence-corrected chi connectivity index (χ1v) is 6.54. The minimum Gasteiger partial charge on any atom is -0.379 e. The first kappa shape index (κ1) is 14.7. The smallest absolute Gasteiger partial charge is 0.138 e. The van der Waals surface area contributed by atoms with E-state index in [2.05, 4.69) is 18.7 Å². The molecular formula is C14H27NO2.